The molecule has 0 saturated carbocycles. The minimum atomic E-state index is -1.15. The molecule has 1 aromatic rings. The smallest absolute Gasteiger partial charge is 0.245 e. The number of carbonyl (C=O) groups is 6. The molecule has 1 aromatic carbocycles. The molecular weight excluding hydrogens is 718 g/mol. The Kier molecular flexibility index (Phi) is 19.6. The number of aliphatic imine (C=N–C) groups is 1. The Bertz CT molecular complexity index is 1500. The Balaban J connectivity index is 2.46. The lowest BCUT2D eigenvalue weighted by molar-refractivity contribution is -0.142. The fourth-order valence-electron chi connectivity index (χ4n) is 7.07. The van der Waals surface area contributed by atoms with Crippen LogP contribution < -0.4 is 33.2 Å². The van der Waals surface area contributed by atoms with Gasteiger partial charge in [0.2, 0.25) is 35.4 Å². The van der Waals surface area contributed by atoms with E-state index in [2.05, 4.69) is 20.9 Å². The molecule has 0 aromatic heterocycles. The second kappa shape index (κ2) is 23.2. The van der Waals surface area contributed by atoms with E-state index in [4.69, 9.17) is 17.2 Å². The molecule has 1 saturated heterocycles. The monoisotopic (exact) mass is 786 g/mol. The van der Waals surface area contributed by atoms with Crippen LogP contribution in [0.25, 0.3) is 0 Å². The summed E-state index contributed by atoms with van der Waals surface area (Å²) in [6.07, 6.45) is 4.09. The molecule has 6 amide bonds. The van der Waals surface area contributed by atoms with Crippen LogP contribution in [-0.2, 0) is 35.2 Å². The van der Waals surface area contributed by atoms with E-state index in [-0.39, 0.29) is 61.2 Å². The molecular formula is C40H67N9O7. The standard InChI is InChI=1S/C40H67N9O7/c1-8-12-25(5)23-49(27(7)50)33(22-28-15-17-29(51)18-16-28)37(54)47-34(26(6)9-2)38(55)45-30(13-10-19-44-40(42)43)36(53)46-31(21-24(3)4)39(56)48-20-11-14-32(48)35(41)52/h15-18,24-26,30-34,51H,8-14,19-23H2,1-7H3,(H2,41,52)(H,45,55)(H,46,53)(H,47,54)(H4,42,43,44)/t25?,26-,30-,31-,32-,33-,34-/m0/s1. The molecule has 1 aliphatic heterocycles. The highest BCUT2D eigenvalue weighted by atomic mass is 16.3. The van der Waals surface area contributed by atoms with Gasteiger partial charge in [-0.25, -0.2) is 0 Å². The van der Waals surface area contributed by atoms with Crippen molar-refractivity contribution in [3.63, 3.8) is 0 Å². The zero-order valence-corrected chi connectivity index (χ0v) is 34.4. The van der Waals surface area contributed by atoms with Crippen molar-refractivity contribution in [2.75, 3.05) is 19.6 Å². The molecule has 1 fully saturated rings. The van der Waals surface area contributed by atoms with Gasteiger partial charge in [0.1, 0.15) is 36.0 Å². The fraction of sp³-hybridized carbons (Fsp3) is 0.675. The lowest BCUT2D eigenvalue weighted by Crippen LogP contribution is -2.60. The van der Waals surface area contributed by atoms with Gasteiger partial charge in [-0.15, -0.1) is 0 Å². The number of guanidine groups is 1. The second-order valence-electron chi connectivity index (χ2n) is 15.6. The van der Waals surface area contributed by atoms with Gasteiger partial charge in [0.05, 0.1) is 0 Å². The molecule has 1 aliphatic rings. The summed E-state index contributed by atoms with van der Waals surface area (Å²) in [5.74, 6) is -3.47. The van der Waals surface area contributed by atoms with Gasteiger partial charge < -0.3 is 48.1 Å². The van der Waals surface area contributed by atoms with Crippen LogP contribution in [0.4, 0.5) is 0 Å². The number of benzene rings is 1. The average Bonchev–Trinajstić information content (AvgIpc) is 3.63. The maximum atomic E-state index is 14.3. The van der Waals surface area contributed by atoms with Crippen molar-refractivity contribution in [1.82, 2.24) is 25.8 Å². The van der Waals surface area contributed by atoms with Crippen molar-refractivity contribution >= 4 is 41.4 Å². The lowest BCUT2D eigenvalue weighted by Gasteiger charge is -2.34. The number of likely N-dealkylation sites (tertiary alicyclic amines) is 1. The van der Waals surface area contributed by atoms with Crippen LogP contribution in [0, 0.1) is 17.8 Å². The Morgan fingerprint density at radius 2 is 1.55 bits per heavy atom. The zero-order valence-electron chi connectivity index (χ0n) is 34.4. The molecule has 0 aliphatic carbocycles. The van der Waals surface area contributed by atoms with E-state index in [1.807, 2.05) is 41.5 Å². The number of aromatic hydroxyl groups is 1. The van der Waals surface area contributed by atoms with Crippen LogP contribution in [0.5, 0.6) is 5.75 Å². The van der Waals surface area contributed by atoms with Gasteiger partial charge in [0.25, 0.3) is 0 Å². The van der Waals surface area contributed by atoms with E-state index < -0.39 is 59.7 Å². The number of nitrogens with two attached hydrogens (primary N) is 3. The van der Waals surface area contributed by atoms with Crippen molar-refractivity contribution in [2.45, 2.75) is 136 Å². The molecule has 16 heteroatoms. The first-order valence-electron chi connectivity index (χ1n) is 20.0. The summed E-state index contributed by atoms with van der Waals surface area (Å²) in [5.41, 5.74) is 17.3. The maximum Gasteiger partial charge on any atom is 0.245 e. The highest BCUT2D eigenvalue weighted by Gasteiger charge is 2.39. The molecule has 56 heavy (non-hydrogen) atoms. The van der Waals surface area contributed by atoms with Crippen LogP contribution >= 0.6 is 0 Å². The van der Waals surface area contributed by atoms with Crippen molar-refractivity contribution in [3.05, 3.63) is 29.8 Å². The molecule has 2 rings (SSSR count). The molecule has 10 N–H and O–H groups in total. The van der Waals surface area contributed by atoms with E-state index in [1.165, 1.54) is 28.9 Å². The summed E-state index contributed by atoms with van der Waals surface area (Å²) >= 11 is 0. The predicted octanol–water partition coefficient (Wildman–Crippen LogP) is 1.66. The first-order chi connectivity index (χ1) is 26.4. The van der Waals surface area contributed by atoms with Gasteiger partial charge in [0.15, 0.2) is 5.96 Å². The summed E-state index contributed by atoms with van der Waals surface area (Å²) in [5, 5.41) is 18.5. The Morgan fingerprint density at radius 3 is 2.11 bits per heavy atom. The van der Waals surface area contributed by atoms with E-state index >= 15 is 0 Å². The number of hydrogen-bond donors (Lipinski definition) is 7. The topological polar surface area (TPSA) is 256 Å². The largest absolute Gasteiger partial charge is 0.508 e. The number of nitrogens with one attached hydrogen (secondary N) is 3. The van der Waals surface area contributed by atoms with E-state index in [0.717, 1.165) is 12.8 Å². The molecule has 0 bridgehead atoms. The van der Waals surface area contributed by atoms with Gasteiger partial charge in [-0.05, 0) is 74.0 Å². The van der Waals surface area contributed by atoms with Crippen LogP contribution in [0.3, 0.4) is 0 Å². The summed E-state index contributed by atoms with van der Waals surface area (Å²) in [6, 6.07) is 1.40. The van der Waals surface area contributed by atoms with E-state index in [1.54, 1.807) is 12.1 Å². The van der Waals surface area contributed by atoms with E-state index in [9.17, 15) is 33.9 Å². The summed E-state index contributed by atoms with van der Waals surface area (Å²) in [7, 11) is 0. The van der Waals surface area contributed by atoms with Crippen molar-refractivity contribution in [1.29, 1.82) is 0 Å². The lowest BCUT2D eigenvalue weighted by atomic mass is 9.95. The summed E-state index contributed by atoms with van der Waals surface area (Å²) in [4.78, 5) is 88.6. The number of phenols is 1. The van der Waals surface area contributed by atoms with Gasteiger partial charge in [-0.1, -0.05) is 66.5 Å². The SMILES string of the molecule is CCCC(C)CN(C(C)=O)[C@@H](Cc1ccc(O)cc1)C(=O)N[C@H](C(=O)N[C@@H](CCCN=C(N)N)C(=O)N[C@@H](CC(C)C)C(=O)N1CCC[C@H]1C(N)=O)[C@@H](C)CC. The van der Waals surface area contributed by atoms with Gasteiger partial charge in [-0.3, -0.25) is 33.8 Å². The highest BCUT2D eigenvalue weighted by molar-refractivity contribution is 5.96. The maximum absolute atomic E-state index is 14.3. The van der Waals surface area contributed by atoms with Gasteiger partial charge >= 0.3 is 0 Å². The van der Waals surface area contributed by atoms with Crippen LogP contribution in [0.2, 0.25) is 0 Å². The average molecular weight is 786 g/mol. The van der Waals surface area contributed by atoms with Gasteiger partial charge in [-0.2, -0.15) is 0 Å². The van der Waals surface area contributed by atoms with Crippen LogP contribution in [0.1, 0.15) is 105 Å². The molecule has 7 atom stereocenters. The molecule has 1 unspecified atom stereocenters. The van der Waals surface area contributed by atoms with Gasteiger partial charge in [0, 0.05) is 33.0 Å². The number of phenolic OH excluding ortho intramolecular Hbond substituents is 1. The first-order valence-corrected chi connectivity index (χ1v) is 20.0. The van der Waals surface area contributed by atoms with Crippen molar-refractivity contribution in [2.24, 2.45) is 39.9 Å². The number of amides is 6. The molecule has 16 nitrogen and oxygen atoms in total. The zero-order chi connectivity index (χ0) is 42.1. The quantitative estimate of drug-likeness (QED) is 0.0483. The third kappa shape index (κ3) is 15.0. The Hall–Kier alpha value is -4.89. The molecule has 0 spiro atoms. The molecule has 1 heterocycles. The minimum Gasteiger partial charge on any atom is -0.508 e. The second-order valence-corrected chi connectivity index (χ2v) is 15.6. The number of hydrogen-bond acceptors (Lipinski definition) is 8. The minimum absolute atomic E-state index is 0.00663. The van der Waals surface area contributed by atoms with E-state index in [0.29, 0.717) is 44.3 Å². The highest BCUT2D eigenvalue weighted by Crippen LogP contribution is 2.21. The van der Waals surface area contributed by atoms with Crippen molar-refractivity contribution in [3.8, 4) is 5.75 Å². The molecule has 314 valence electrons. The summed E-state index contributed by atoms with van der Waals surface area (Å²) in [6.45, 7) is 13.8. The summed E-state index contributed by atoms with van der Waals surface area (Å²) < 4.78 is 0. The number of carbonyl (C=O) groups excluding carboxylic acids is 6. The molecule has 0 radical (unpaired) electrons. The first kappa shape index (κ1) is 47.3. The third-order valence-corrected chi connectivity index (χ3v) is 10.3. The third-order valence-electron chi connectivity index (χ3n) is 10.3. The Labute approximate surface area is 332 Å². The van der Waals surface area contributed by atoms with Crippen LogP contribution in [-0.4, -0.2) is 106 Å². The normalized spacial score (nSPS) is 17.1. The Morgan fingerprint density at radius 1 is 0.911 bits per heavy atom. The van der Waals surface area contributed by atoms with Crippen LogP contribution in [0.15, 0.2) is 29.3 Å². The predicted molar refractivity (Wildman–Crippen MR) is 216 cm³/mol. The number of rotatable bonds is 23. The fourth-order valence-corrected chi connectivity index (χ4v) is 7.07. The number of primary amides is 1. The number of nitrogens with zero attached hydrogens (tertiary/aromatic N) is 3. The van der Waals surface area contributed by atoms with Crippen molar-refractivity contribution < 1.29 is 33.9 Å².